The number of anilines is 2. The standard InChI is InChI=1S/C16H17N5O4/c22-15(23)9-18-16-19-13(11-4-5-11)7-14(20-16)17-8-10-2-1-3-12(6-10)21(24)25/h1-3,6-7,11H,4-5,8-9H2,(H,22,23)(H2,17,18,19,20). The van der Waals surface area contributed by atoms with E-state index in [0.29, 0.717) is 18.3 Å². The molecule has 0 bridgehead atoms. The number of nitro groups is 1. The Labute approximate surface area is 143 Å². The van der Waals surface area contributed by atoms with Gasteiger partial charge in [-0.1, -0.05) is 12.1 Å². The molecule has 1 aromatic carbocycles. The van der Waals surface area contributed by atoms with Gasteiger partial charge in [-0.2, -0.15) is 4.98 Å². The van der Waals surface area contributed by atoms with Crippen LogP contribution in [-0.2, 0) is 11.3 Å². The zero-order chi connectivity index (χ0) is 17.8. The molecule has 1 aliphatic carbocycles. The molecule has 0 radical (unpaired) electrons. The van der Waals surface area contributed by atoms with E-state index in [9.17, 15) is 14.9 Å². The zero-order valence-electron chi connectivity index (χ0n) is 13.3. The monoisotopic (exact) mass is 343 g/mol. The van der Waals surface area contributed by atoms with Crippen molar-refractivity contribution in [3.05, 3.63) is 51.7 Å². The molecule has 1 saturated carbocycles. The highest BCUT2D eigenvalue weighted by Crippen LogP contribution is 2.39. The van der Waals surface area contributed by atoms with Crippen molar-refractivity contribution in [3.8, 4) is 0 Å². The van der Waals surface area contributed by atoms with Crippen molar-refractivity contribution < 1.29 is 14.8 Å². The minimum atomic E-state index is -0.994. The predicted octanol–water partition coefficient (Wildman–Crippen LogP) is 2.37. The summed E-state index contributed by atoms with van der Waals surface area (Å²) in [5, 5.41) is 25.4. The van der Waals surface area contributed by atoms with Gasteiger partial charge in [0.2, 0.25) is 5.95 Å². The minimum absolute atomic E-state index is 0.0319. The quantitative estimate of drug-likeness (QED) is 0.492. The molecule has 130 valence electrons. The third kappa shape index (κ3) is 4.63. The van der Waals surface area contributed by atoms with Gasteiger partial charge in [0.25, 0.3) is 5.69 Å². The topological polar surface area (TPSA) is 130 Å². The maximum Gasteiger partial charge on any atom is 0.322 e. The maximum absolute atomic E-state index is 10.8. The van der Waals surface area contributed by atoms with Crippen LogP contribution in [0, 0.1) is 10.1 Å². The van der Waals surface area contributed by atoms with Crippen LogP contribution in [0.5, 0.6) is 0 Å². The first-order valence-electron chi connectivity index (χ1n) is 7.83. The Morgan fingerprint density at radius 2 is 2.08 bits per heavy atom. The molecule has 0 amide bonds. The summed E-state index contributed by atoms with van der Waals surface area (Å²) in [5.41, 5.74) is 1.65. The summed E-state index contributed by atoms with van der Waals surface area (Å²) in [7, 11) is 0. The molecule has 3 N–H and O–H groups in total. The summed E-state index contributed by atoms with van der Waals surface area (Å²) >= 11 is 0. The van der Waals surface area contributed by atoms with Crippen molar-refractivity contribution in [1.82, 2.24) is 9.97 Å². The fraction of sp³-hybridized carbons (Fsp3) is 0.312. The summed E-state index contributed by atoms with van der Waals surface area (Å²) < 4.78 is 0. The molecule has 0 unspecified atom stereocenters. The lowest BCUT2D eigenvalue weighted by atomic mass is 10.2. The van der Waals surface area contributed by atoms with E-state index in [1.54, 1.807) is 12.1 Å². The molecule has 9 nitrogen and oxygen atoms in total. The van der Waals surface area contributed by atoms with Crippen molar-refractivity contribution in [1.29, 1.82) is 0 Å². The highest BCUT2D eigenvalue weighted by molar-refractivity contribution is 5.72. The molecule has 0 spiro atoms. The Bertz CT molecular complexity index is 807. The third-order valence-electron chi connectivity index (χ3n) is 3.73. The van der Waals surface area contributed by atoms with Crippen molar-refractivity contribution in [2.24, 2.45) is 0 Å². The van der Waals surface area contributed by atoms with Crippen LogP contribution in [0.25, 0.3) is 0 Å². The van der Waals surface area contributed by atoms with E-state index in [2.05, 4.69) is 20.6 Å². The second kappa shape index (κ2) is 7.12. The molecule has 25 heavy (non-hydrogen) atoms. The molecular weight excluding hydrogens is 326 g/mol. The number of benzene rings is 1. The highest BCUT2D eigenvalue weighted by Gasteiger charge is 2.26. The van der Waals surface area contributed by atoms with Gasteiger partial charge in [-0.15, -0.1) is 0 Å². The Morgan fingerprint density at radius 1 is 1.28 bits per heavy atom. The number of carboxylic acid groups (broad SMARTS) is 1. The molecule has 2 aromatic rings. The molecule has 1 aromatic heterocycles. The number of nitrogens with one attached hydrogen (secondary N) is 2. The SMILES string of the molecule is O=C(O)CNc1nc(NCc2cccc([N+](=O)[O-])c2)cc(C2CC2)n1. The van der Waals surface area contributed by atoms with Crippen LogP contribution >= 0.6 is 0 Å². The van der Waals surface area contributed by atoms with E-state index in [4.69, 9.17) is 5.11 Å². The van der Waals surface area contributed by atoms with Gasteiger partial charge < -0.3 is 15.7 Å². The van der Waals surface area contributed by atoms with Crippen LogP contribution in [0.4, 0.5) is 17.5 Å². The maximum atomic E-state index is 10.8. The van der Waals surface area contributed by atoms with Gasteiger partial charge in [0, 0.05) is 30.7 Å². The Morgan fingerprint density at radius 3 is 2.76 bits per heavy atom. The molecule has 0 atom stereocenters. The molecule has 0 saturated heterocycles. The number of hydrogen-bond donors (Lipinski definition) is 3. The second-order valence-electron chi connectivity index (χ2n) is 5.80. The molecule has 1 heterocycles. The van der Waals surface area contributed by atoms with E-state index >= 15 is 0 Å². The van der Waals surface area contributed by atoms with Gasteiger partial charge >= 0.3 is 5.97 Å². The normalized spacial score (nSPS) is 13.3. The number of nitro benzene ring substituents is 1. The fourth-order valence-electron chi connectivity index (χ4n) is 2.35. The van der Waals surface area contributed by atoms with Gasteiger partial charge in [0.05, 0.1) is 10.6 Å². The van der Waals surface area contributed by atoms with E-state index < -0.39 is 10.9 Å². The number of rotatable bonds is 8. The molecule has 0 aliphatic heterocycles. The van der Waals surface area contributed by atoms with Gasteiger partial charge in [-0.3, -0.25) is 14.9 Å². The van der Waals surface area contributed by atoms with Crippen LogP contribution < -0.4 is 10.6 Å². The number of carboxylic acids is 1. The van der Waals surface area contributed by atoms with Crippen LogP contribution in [0.1, 0.15) is 30.0 Å². The van der Waals surface area contributed by atoms with Crippen LogP contribution in [-0.4, -0.2) is 32.5 Å². The van der Waals surface area contributed by atoms with E-state index in [-0.39, 0.29) is 18.2 Å². The number of carbonyl (C=O) groups is 1. The van der Waals surface area contributed by atoms with E-state index in [1.807, 2.05) is 6.07 Å². The van der Waals surface area contributed by atoms with Gasteiger partial charge in [0.15, 0.2) is 0 Å². The van der Waals surface area contributed by atoms with Crippen molar-refractivity contribution in [2.75, 3.05) is 17.2 Å². The molecule has 1 aliphatic rings. The first-order valence-corrected chi connectivity index (χ1v) is 7.83. The Balaban J connectivity index is 1.73. The molecule has 3 rings (SSSR count). The summed E-state index contributed by atoms with van der Waals surface area (Å²) in [6.07, 6.45) is 2.11. The van der Waals surface area contributed by atoms with Gasteiger partial charge in [0.1, 0.15) is 12.4 Å². The van der Waals surface area contributed by atoms with Crippen LogP contribution in [0.2, 0.25) is 0 Å². The second-order valence-corrected chi connectivity index (χ2v) is 5.80. The van der Waals surface area contributed by atoms with Crippen LogP contribution in [0.15, 0.2) is 30.3 Å². The molecule has 1 fully saturated rings. The smallest absolute Gasteiger partial charge is 0.322 e. The number of aliphatic carboxylic acids is 1. The third-order valence-corrected chi connectivity index (χ3v) is 3.73. The summed E-state index contributed by atoms with van der Waals surface area (Å²) in [6, 6.07) is 8.19. The highest BCUT2D eigenvalue weighted by atomic mass is 16.6. The van der Waals surface area contributed by atoms with E-state index in [0.717, 1.165) is 24.1 Å². The van der Waals surface area contributed by atoms with Crippen molar-refractivity contribution >= 4 is 23.4 Å². The summed E-state index contributed by atoms with van der Waals surface area (Å²) in [4.78, 5) is 29.7. The first kappa shape index (κ1) is 16.6. The number of hydrogen-bond acceptors (Lipinski definition) is 7. The predicted molar refractivity (Wildman–Crippen MR) is 90.6 cm³/mol. The fourth-order valence-corrected chi connectivity index (χ4v) is 2.35. The average Bonchev–Trinajstić information content (AvgIpc) is 3.43. The average molecular weight is 343 g/mol. The number of non-ortho nitro benzene ring substituents is 1. The van der Waals surface area contributed by atoms with Crippen LogP contribution in [0.3, 0.4) is 0 Å². The van der Waals surface area contributed by atoms with Crippen molar-refractivity contribution in [3.63, 3.8) is 0 Å². The molecule has 9 heteroatoms. The van der Waals surface area contributed by atoms with Gasteiger partial charge in [-0.05, 0) is 18.4 Å². The van der Waals surface area contributed by atoms with Crippen molar-refractivity contribution in [2.45, 2.75) is 25.3 Å². The Hall–Kier alpha value is -3.23. The minimum Gasteiger partial charge on any atom is -0.480 e. The van der Waals surface area contributed by atoms with E-state index in [1.165, 1.54) is 12.1 Å². The summed E-state index contributed by atoms with van der Waals surface area (Å²) in [5.74, 6) is 0.197. The Kier molecular flexibility index (Phi) is 4.73. The number of nitrogens with zero attached hydrogens (tertiary/aromatic N) is 3. The first-order chi connectivity index (χ1) is 12.0. The largest absolute Gasteiger partial charge is 0.480 e. The number of aromatic nitrogens is 2. The lowest BCUT2D eigenvalue weighted by Gasteiger charge is -2.10. The summed E-state index contributed by atoms with van der Waals surface area (Å²) in [6.45, 7) is 0.0968. The van der Waals surface area contributed by atoms with Gasteiger partial charge in [-0.25, -0.2) is 4.98 Å². The lowest BCUT2D eigenvalue weighted by molar-refractivity contribution is -0.384. The molecular formula is C16H17N5O4. The zero-order valence-corrected chi connectivity index (χ0v) is 13.3. The lowest BCUT2D eigenvalue weighted by Crippen LogP contribution is -2.15.